The van der Waals surface area contributed by atoms with E-state index in [0.717, 1.165) is 16.7 Å². The predicted molar refractivity (Wildman–Crippen MR) is 162 cm³/mol. The highest BCUT2D eigenvalue weighted by atomic mass is 16.3. The number of phenolic OH excluding ortho intramolecular Hbond substituents is 1. The van der Waals surface area contributed by atoms with Crippen molar-refractivity contribution in [1.82, 2.24) is 9.80 Å². The van der Waals surface area contributed by atoms with E-state index in [0.29, 0.717) is 24.9 Å². The van der Waals surface area contributed by atoms with Gasteiger partial charge in [-0.3, -0.25) is 24.1 Å². The Morgan fingerprint density at radius 3 is 2.25 bits per heavy atom. The molecule has 44 heavy (non-hydrogen) atoms. The summed E-state index contributed by atoms with van der Waals surface area (Å²) in [5, 5.41) is 45.1. The number of ketones is 3. The molecule has 0 heterocycles. The number of nitrogens with zero attached hydrogens (tertiary/aromatic N) is 2. The number of carbonyl (C=O) groups is 4. The van der Waals surface area contributed by atoms with Crippen LogP contribution in [0.4, 0.5) is 0 Å². The summed E-state index contributed by atoms with van der Waals surface area (Å²) in [7, 11) is 6.82. The highest BCUT2D eigenvalue weighted by molar-refractivity contribution is 6.24. The summed E-state index contributed by atoms with van der Waals surface area (Å²) in [5.41, 5.74) is 4.78. The third-order valence-corrected chi connectivity index (χ3v) is 9.05. The van der Waals surface area contributed by atoms with Gasteiger partial charge in [0.1, 0.15) is 28.6 Å². The van der Waals surface area contributed by atoms with Crippen LogP contribution in [0, 0.1) is 11.8 Å². The monoisotopic (exact) mass is 603 g/mol. The van der Waals surface area contributed by atoms with Gasteiger partial charge < -0.3 is 31.1 Å². The molecule has 6 N–H and O–H groups in total. The molecular formula is C33H37N3O8. The van der Waals surface area contributed by atoms with Gasteiger partial charge in [-0.2, -0.15) is 0 Å². The summed E-state index contributed by atoms with van der Waals surface area (Å²) in [6, 6.07) is 9.63. The Hall–Kier alpha value is -4.32. The minimum Gasteiger partial charge on any atom is -0.508 e. The molecule has 2 aromatic rings. The molecule has 0 spiro atoms. The van der Waals surface area contributed by atoms with E-state index >= 15 is 0 Å². The lowest BCUT2D eigenvalue weighted by Gasteiger charge is -2.50. The van der Waals surface area contributed by atoms with E-state index in [2.05, 4.69) is 0 Å². The summed E-state index contributed by atoms with van der Waals surface area (Å²) in [4.78, 5) is 54.9. The van der Waals surface area contributed by atoms with E-state index in [1.165, 1.54) is 11.0 Å². The number of benzene rings is 2. The lowest BCUT2D eigenvalue weighted by Crippen LogP contribution is -2.65. The zero-order chi connectivity index (χ0) is 32.2. The van der Waals surface area contributed by atoms with Gasteiger partial charge in [-0.15, -0.1) is 0 Å². The zero-order valence-corrected chi connectivity index (χ0v) is 25.1. The lowest BCUT2D eigenvalue weighted by atomic mass is 9.57. The van der Waals surface area contributed by atoms with Crippen LogP contribution < -0.4 is 5.73 Å². The van der Waals surface area contributed by atoms with Crippen molar-refractivity contribution in [1.29, 1.82) is 0 Å². The van der Waals surface area contributed by atoms with Gasteiger partial charge in [0.15, 0.2) is 11.4 Å². The first kappa shape index (κ1) is 31.1. The van der Waals surface area contributed by atoms with Crippen LogP contribution in [0.25, 0.3) is 16.9 Å². The molecule has 1 amide bonds. The Kier molecular flexibility index (Phi) is 8.00. The van der Waals surface area contributed by atoms with Gasteiger partial charge in [-0.25, -0.2) is 0 Å². The Morgan fingerprint density at radius 1 is 1.00 bits per heavy atom. The van der Waals surface area contributed by atoms with E-state index in [1.54, 1.807) is 20.2 Å². The molecule has 11 heteroatoms. The first-order valence-electron chi connectivity index (χ1n) is 14.4. The largest absolute Gasteiger partial charge is 0.508 e. The maximum atomic E-state index is 14.0. The molecular weight excluding hydrogens is 566 g/mol. The SMILES string of the molecule is CN(C)CC(=O)CCc1ccc(-c2ccc(O)c3c2C[C@H]2C[C@H]4[C@H](N(C)C)C(=O)C(C(N)=O)=C(O)[C@@]4(O)C(=O)C2=C3O)cc1. The summed E-state index contributed by atoms with van der Waals surface area (Å²) in [6.07, 6.45) is 1.21. The number of hydrogen-bond donors (Lipinski definition) is 5. The highest BCUT2D eigenvalue weighted by Gasteiger charge is 2.64. The number of primary amides is 1. The molecule has 0 saturated heterocycles. The van der Waals surface area contributed by atoms with Crippen molar-refractivity contribution in [3.8, 4) is 16.9 Å². The summed E-state index contributed by atoms with van der Waals surface area (Å²) in [5.74, 6) is -6.70. The zero-order valence-electron chi connectivity index (χ0n) is 25.1. The molecule has 0 aromatic heterocycles. The standard InChI is InChI=1S/C33H37N3O8/c1-35(2)15-19(37)10-7-16-5-8-17(9-6-16)20-11-12-23(38)25-21(20)13-18-14-22-27(36(3)4)29(40)26(32(34)43)31(42)33(22,44)30(41)24(18)28(25)39/h5-6,8-9,11-12,18,22,27,38-39,42,44H,7,10,13-15H2,1-4H3,(H2,34,43)/t18-,22-,27-,33-/m0/s1. The normalized spacial score (nSPS) is 24.8. The number of aliphatic hydroxyl groups excluding tert-OH is 2. The smallest absolute Gasteiger partial charge is 0.255 e. The number of aryl methyl sites for hydroxylation is 1. The number of carbonyl (C=O) groups excluding carboxylic acids is 4. The second-order valence-corrected chi connectivity index (χ2v) is 12.4. The van der Waals surface area contributed by atoms with Crippen molar-refractivity contribution in [2.24, 2.45) is 17.6 Å². The third-order valence-electron chi connectivity index (χ3n) is 9.05. The molecule has 2 aromatic carbocycles. The van der Waals surface area contributed by atoms with Gasteiger partial charge in [-0.05, 0) is 81.7 Å². The first-order chi connectivity index (χ1) is 20.7. The molecule has 3 aliphatic rings. The van der Waals surface area contributed by atoms with E-state index in [4.69, 9.17) is 5.73 Å². The minimum absolute atomic E-state index is 0.0147. The van der Waals surface area contributed by atoms with Gasteiger partial charge in [0.25, 0.3) is 5.91 Å². The molecule has 5 rings (SSSR count). The van der Waals surface area contributed by atoms with Crippen LogP contribution >= 0.6 is 0 Å². The summed E-state index contributed by atoms with van der Waals surface area (Å²) < 4.78 is 0. The van der Waals surface area contributed by atoms with E-state index in [1.807, 2.05) is 43.3 Å². The average molecular weight is 604 g/mol. The molecule has 1 saturated carbocycles. The molecule has 4 atom stereocenters. The van der Waals surface area contributed by atoms with Crippen LogP contribution in [0.5, 0.6) is 5.75 Å². The molecule has 3 aliphatic carbocycles. The molecule has 0 unspecified atom stereocenters. The van der Waals surface area contributed by atoms with Crippen molar-refractivity contribution in [2.75, 3.05) is 34.7 Å². The molecule has 0 bridgehead atoms. The topological polar surface area (TPSA) is 182 Å². The fourth-order valence-corrected chi connectivity index (χ4v) is 7.08. The lowest BCUT2D eigenvalue weighted by molar-refractivity contribution is -0.153. The van der Waals surface area contributed by atoms with Gasteiger partial charge in [0.2, 0.25) is 5.78 Å². The van der Waals surface area contributed by atoms with Gasteiger partial charge in [0.05, 0.1) is 18.2 Å². The Morgan fingerprint density at radius 2 is 1.66 bits per heavy atom. The quantitative estimate of drug-likeness (QED) is 0.279. The molecule has 0 aliphatic heterocycles. The van der Waals surface area contributed by atoms with Gasteiger partial charge >= 0.3 is 0 Å². The number of Topliss-reactive ketones (excluding diaryl/α,β-unsaturated/α-hetero) is 3. The third kappa shape index (κ3) is 4.90. The number of hydrogen-bond acceptors (Lipinski definition) is 10. The van der Waals surface area contributed by atoms with Crippen LogP contribution in [-0.2, 0) is 32.0 Å². The van der Waals surface area contributed by atoms with Crippen LogP contribution in [0.3, 0.4) is 0 Å². The maximum absolute atomic E-state index is 14.0. The Balaban J connectivity index is 1.56. The first-order valence-corrected chi connectivity index (χ1v) is 14.4. The molecule has 11 nitrogen and oxygen atoms in total. The fourth-order valence-electron chi connectivity index (χ4n) is 7.08. The van der Waals surface area contributed by atoms with Crippen LogP contribution in [0.15, 0.2) is 53.3 Å². The number of fused-ring (bicyclic) bond motifs is 3. The number of likely N-dealkylation sites (N-methyl/N-ethyl adjacent to an activating group) is 2. The second kappa shape index (κ2) is 11.3. The number of aliphatic hydroxyl groups is 3. The van der Waals surface area contributed by atoms with Crippen molar-refractivity contribution in [3.05, 3.63) is 70.0 Å². The molecule has 0 radical (unpaired) electrons. The second-order valence-electron chi connectivity index (χ2n) is 12.4. The number of rotatable bonds is 8. The van der Waals surface area contributed by atoms with E-state index in [-0.39, 0.29) is 35.5 Å². The molecule has 1 fully saturated rings. The van der Waals surface area contributed by atoms with Crippen molar-refractivity contribution < 1.29 is 39.6 Å². The maximum Gasteiger partial charge on any atom is 0.255 e. The summed E-state index contributed by atoms with van der Waals surface area (Å²) >= 11 is 0. The average Bonchev–Trinajstić information content (AvgIpc) is 2.93. The summed E-state index contributed by atoms with van der Waals surface area (Å²) in [6.45, 7) is 0.379. The predicted octanol–water partition coefficient (Wildman–Crippen LogP) is 1.69. The molecule has 232 valence electrons. The van der Waals surface area contributed by atoms with Crippen molar-refractivity contribution >= 4 is 29.0 Å². The highest BCUT2D eigenvalue weighted by Crippen LogP contribution is 2.53. The number of nitrogens with two attached hydrogens (primary N) is 1. The number of aromatic hydroxyl groups is 1. The number of phenols is 1. The van der Waals surface area contributed by atoms with Crippen LogP contribution in [0.2, 0.25) is 0 Å². The Bertz CT molecular complexity index is 1640. The van der Waals surface area contributed by atoms with Gasteiger partial charge in [0, 0.05) is 17.9 Å². The van der Waals surface area contributed by atoms with E-state index in [9.17, 15) is 39.6 Å². The van der Waals surface area contributed by atoms with Crippen LogP contribution in [-0.4, -0.2) is 99.9 Å². The number of amides is 1. The Labute approximate surface area is 254 Å². The van der Waals surface area contributed by atoms with Crippen molar-refractivity contribution in [2.45, 2.75) is 37.3 Å². The minimum atomic E-state index is -2.68. The van der Waals surface area contributed by atoms with Crippen LogP contribution in [0.1, 0.15) is 29.5 Å². The van der Waals surface area contributed by atoms with Crippen molar-refractivity contribution in [3.63, 3.8) is 0 Å². The van der Waals surface area contributed by atoms with E-state index < -0.39 is 58.0 Å². The fraction of sp³-hybridized carbons (Fsp3) is 0.394. The van der Waals surface area contributed by atoms with Gasteiger partial charge in [-0.1, -0.05) is 30.3 Å².